The molecule has 1 amide bonds. The van der Waals surface area contributed by atoms with Gasteiger partial charge in [0.1, 0.15) is 0 Å². The number of hydrogen-bond donors (Lipinski definition) is 3. The van der Waals surface area contributed by atoms with E-state index in [1.54, 1.807) is 11.3 Å². The van der Waals surface area contributed by atoms with Crippen LogP contribution in [0.5, 0.6) is 0 Å². The first kappa shape index (κ1) is 22.8. The Morgan fingerprint density at radius 1 is 1.33 bits per heavy atom. The normalized spacial score (nSPS) is 31.9. The minimum Gasteiger partial charge on any atom is -0.392 e. The van der Waals surface area contributed by atoms with Gasteiger partial charge in [0.2, 0.25) is 5.91 Å². The molecular formula is C26H36N4O2S. The van der Waals surface area contributed by atoms with E-state index in [0.29, 0.717) is 6.04 Å². The van der Waals surface area contributed by atoms with Gasteiger partial charge in [0.15, 0.2) is 5.13 Å². The lowest BCUT2D eigenvalue weighted by Crippen LogP contribution is -2.53. The van der Waals surface area contributed by atoms with Crippen molar-refractivity contribution >= 4 is 22.4 Å². The molecule has 3 N–H and O–H groups in total. The number of anilines is 1. The van der Waals surface area contributed by atoms with Gasteiger partial charge < -0.3 is 15.7 Å². The molecule has 0 aliphatic heterocycles. The second-order valence-corrected chi connectivity index (χ2v) is 11.8. The topological polar surface area (TPSA) is 87.1 Å². The van der Waals surface area contributed by atoms with Gasteiger partial charge in [-0.3, -0.25) is 9.78 Å². The number of fused-ring (bicyclic) bond motifs is 2. The van der Waals surface area contributed by atoms with Gasteiger partial charge in [-0.25, -0.2) is 4.98 Å². The van der Waals surface area contributed by atoms with E-state index in [0.717, 1.165) is 61.6 Å². The SMILES string of the molecule is C[C@H](C(=O)NC1CC1)[C@H]1CC[C@@]2(C)Cc3sc(NCCc4ccccn4)nc3[C@@H](C)[C@@H]2[C@H]1O. The molecule has 178 valence electrons. The molecule has 2 heterocycles. The number of pyridine rings is 1. The highest BCUT2D eigenvalue weighted by atomic mass is 32.1. The van der Waals surface area contributed by atoms with Crippen LogP contribution in [0.4, 0.5) is 5.13 Å². The number of aromatic nitrogens is 2. The molecule has 2 fully saturated rings. The van der Waals surface area contributed by atoms with Crippen molar-refractivity contribution in [2.24, 2.45) is 23.2 Å². The average Bonchev–Trinajstić information content (AvgIpc) is 3.51. The van der Waals surface area contributed by atoms with Crippen molar-refractivity contribution in [1.29, 1.82) is 0 Å². The van der Waals surface area contributed by atoms with Crippen molar-refractivity contribution in [2.75, 3.05) is 11.9 Å². The molecule has 3 aliphatic carbocycles. The maximum atomic E-state index is 12.7. The summed E-state index contributed by atoms with van der Waals surface area (Å²) < 4.78 is 0. The summed E-state index contributed by atoms with van der Waals surface area (Å²) in [6.07, 6.45) is 7.31. The molecule has 2 aromatic heterocycles. The highest BCUT2D eigenvalue weighted by Crippen LogP contribution is 2.57. The van der Waals surface area contributed by atoms with Gasteiger partial charge in [0.25, 0.3) is 0 Å². The van der Waals surface area contributed by atoms with E-state index in [1.165, 1.54) is 4.88 Å². The summed E-state index contributed by atoms with van der Waals surface area (Å²) in [5.74, 6) is 0.280. The number of carbonyl (C=O) groups excluding carboxylic acids is 1. The van der Waals surface area contributed by atoms with Crippen LogP contribution in [0.1, 0.15) is 68.6 Å². The van der Waals surface area contributed by atoms with E-state index < -0.39 is 6.10 Å². The van der Waals surface area contributed by atoms with E-state index in [4.69, 9.17) is 4.98 Å². The monoisotopic (exact) mass is 468 g/mol. The largest absolute Gasteiger partial charge is 0.392 e. The van der Waals surface area contributed by atoms with Crippen molar-refractivity contribution in [3.05, 3.63) is 40.7 Å². The van der Waals surface area contributed by atoms with Crippen LogP contribution in [0, 0.1) is 23.2 Å². The summed E-state index contributed by atoms with van der Waals surface area (Å²) in [6, 6.07) is 6.36. The Bertz CT molecular complexity index is 991. The molecule has 0 spiro atoms. The molecule has 2 saturated carbocycles. The molecular weight excluding hydrogens is 432 g/mol. The maximum Gasteiger partial charge on any atom is 0.223 e. The minimum atomic E-state index is -0.478. The second kappa shape index (κ2) is 8.99. The molecule has 6 atom stereocenters. The lowest BCUT2D eigenvalue weighted by molar-refractivity contribution is -0.134. The standard InChI is InChI=1S/C26H36N4O2S/c1-15(24(32)29-18-7-8-18)19-9-11-26(3)14-20-22(16(2)21(26)23(19)31)30-25(33-20)28-13-10-17-6-4-5-12-27-17/h4-6,12,15-16,18-19,21,23,31H,7-11,13-14H2,1-3H3,(H,28,30)(H,29,32)/t15-,16-,19+,21+,23-,26-/m0/s1. The molecule has 33 heavy (non-hydrogen) atoms. The van der Waals surface area contributed by atoms with Crippen LogP contribution in [0.3, 0.4) is 0 Å². The van der Waals surface area contributed by atoms with Gasteiger partial charge in [-0.2, -0.15) is 0 Å². The number of aliphatic hydroxyl groups excluding tert-OH is 1. The summed E-state index contributed by atoms with van der Waals surface area (Å²) in [4.78, 5) is 23.4. The molecule has 0 radical (unpaired) electrons. The molecule has 0 bridgehead atoms. The molecule has 0 aromatic carbocycles. The number of hydrogen-bond acceptors (Lipinski definition) is 6. The zero-order valence-corrected chi connectivity index (χ0v) is 20.7. The first-order valence-electron chi connectivity index (χ1n) is 12.5. The van der Waals surface area contributed by atoms with E-state index in [-0.39, 0.29) is 35.0 Å². The fourth-order valence-corrected chi connectivity index (χ4v) is 7.51. The average molecular weight is 469 g/mol. The minimum absolute atomic E-state index is 0.0143. The first-order chi connectivity index (χ1) is 15.9. The predicted octanol–water partition coefficient (Wildman–Crippen LogP) is 4.16. The van der Waals surface area contributed by atoms with E-state index in [9.17, 15) is 9.90 Å². The molecule has 5 rings (SSSR count). The third-order valence-corrected chi connectivity index (χ3v) is 9.31. The van der Waals surface area contributed by atoms with Crippen LogP contribution in [0.25, 0.3) is 0 Å². The zero-order valence-electron chi connectivity index (χ0n) is 19.9. The molecule has 6 nitrogen and oxygen atoms in total. The van der Waals surface area contributed by atoms with Crippen molar-refractivity contribution in [2.45, 2.75) is 77.4 Å². The Balaban J connectivity index is 1.28. The number of nitrogens with one attached hydrogen (secondary N) is 2. The molecule has 3 aliphatic rings. The van der Waals surface area contributed by atoms with Crippen molar-refractivity contribution in [1.82, 2.24) is 15.3 Å². The van der Waals surface area contributed by atoms with Crippen molar-refractivity contribution < 1.29 is 9.90 Å². The van der Waals surface area contributed by atoms with Gasteiger partial charge in [-0.05, 0) is 61.5 Å². The Hall–Kier alpha value is -1.99. The highest BCUT2D eigenvalue weighted by molar-refractivity contribution is 7.15. The maximum absolute atomic E-state index is 12.7. The Morgan fingerprint density at radius 3 is 2.88 bits per heavy atom. The summed E-state index contributed by atoms with van der Waals surface area (Å²) >= 11 is 1.77. The highest BCUT2D eigenvalue weighted by Gasteiger charge is 2.54. The fraction of sp³-hybridized carbons (Fsp3) is 0.654. The number of nitrogens with zero attached hydrogens (tertiary/aromatic N) is 2. The van der Waals surface area contributed by atoms with E-state index in [1.807, 2.05) is 31.3 Å². The van der Waals surface area contributed by atoms with Gasteiger partial charge in [-0.1, -0.05) is 26.8 Å². The lowest BCUT2D eigenvalue weighted by Gasteiger charge is -2.53. The molecule has 0 unspecified atom stereocenters. The summed E-state index contributed by atoms with van der Waals surface area (Å²) in [5.41, 5.74) is 2.26. The summed E-state index contributed by atoms with van der Waals surface area (Å²) in [5, 5.41) is 19.1. The molecule has 2 aromatic rings. The van der Waals surface area contributed by atoms with E-state index >= 15 is 0 Å². The molecule has 7 heteroatoms. The zero-order chi connectivity index (χ0) is 23.2. The summed E-state index contributed by atoms with van der Waals surface area (Å²) in [6.45, 7) is 7.36. The van der Waals surface area contributed by atoms with Crippen LogP contribution in [0.2, 0.25) is 0 Å². The van der Waals surface area contributed by atoms with Gasteiger partial charge in [0.05, 0.1) is 11.8 Å². The number of carbonyl (C=O) groups is 1. The lowest BCUT2D eigenvalue weighted by atomic mass is 9.53. The first-order valence-corrected chi connectivity index (χ1v) is 13.3. The van der Waals surface area contributed by atoms with Crippen molar-refractivity contribution in [3.63, 3.8) is 0 Å². The van der Waals surface area contributed by atoms with Crippen molar-refractivity contribution in [3.8, 4) is 0 Å². The fourth-order valence-electron chi connectivity index (χ4n) is 6.22. The second-order valence-electron chi connectivity index (χ2n) is 10.7. The Morgan fingerprint density at radius 2 is 2.15 bits per heavy atom. The Kier molecular flexibility index (Phi) is 6.21. The van der Waals surface area contributed by atoms with Gasteiger partial charge in [-0.15, -0.1) is 11.3 Å². The number of aliphatic hydroxyl groups is 1. The number of rotatable bonds is 7. The van der Waals surface area contributed by atoms with Crippen LogP contribution in [0.15, 0.2) is 24.4 Å². The summed E-state index contributed by atoms with van der Waals surface area (Å²) in [7, 11) is 0. The third-order valence-electron chi connectivity index (χ3n) is 8.29. The number of amides is 1. The van der Waals surface area contributed by atoms with Crippen LogP contribution in [-0.2, 0) is 17.6 Å². The predicted molar refractivity (Wildman–Crippen MR) is 131 cm³/mol. The van der Waals surface area contributed by atoms with Gasteiger partial charge in [0, 0.05) is 47.6 Å². The smallest absolute Gasteiger partial charge is 0.223 e. The number of thiazole rings is 1. The van der Waals surface area contributed by atoms with Crippen LogP contribution in [-0.4, -0.2) is 39.7 Å². The molecule has 0 saturated heterocycles. The third kappa shape index (κ3) is 4.54. The van der Waals surface area contributed by atoms with Crippen LogP contribution >= 0.6 is 11.3 Å². The quantitative estimate of drug-likeness (QED) is 0.568. The van der Waals surface area contributed by atoms with E-state index in [2.05, 4.69) is 29.5 Å². The Labute approximate surface area is 200 Å². The van der Waals surface area contributed by atoms with Crippen LogP contribution < -0.4 is 10.6 Å². The van der Waals surface area contributed by atoms with Gasteiger partial charge >= 0.3 is 0 Å².